The number of aryl methyl sites for hydroxylation is 2. The standard InChI is InChI=1S/C30H43N3O5/c1-7-8-9-10-13-19-33(25(34)20-31-29(37)38-30(4,5)6)26(23-17-14-16-22(3)27(23)35)28(36)32-24-18-12-11-15-21(24)2/h11-12,14-18,26,35H,7-10,13,19-20H2,1-6H3,(H,31,37)(H,32,36). The van der Waals surface area contributed by atoms with Crippen molar-refractivity contribution in [3.05, 3.63) is 59.2 Å². The summed E-state index contributed by atoms with van der Waals surface area (Å²) in [5, 5.41) is 16.4. The number of aromatic hydroxyl groups is 1. The second kappa shape index (κ2) is 14.4. The third kappa shape index (κ3) is 9.39. The first-order valence-corrected chi connectivity index (χ1v) is 13.4. The molecule has 2 aromatic carbocycles. The van der Waals surface area contributed by atoms with Gasteiger partial charge in [0.15, 0.2) is 0 Å². The van der Waals surface area contributed by atoms with E-state index in [1.165, 1.54) is 4.90 Å². The SMILES string of the molecule is CCCCCCCN(C(=O)CNC(=O)OC(C)(C)C)C(C(=O)Nc1ccccc1C)c1cccc(C)c1O. The van der Waals surface area contributed by atoms with Crippen molar-refractivity contribution in [2.45, 2.75) is 85.3 Å². The smallest absolute Gasteiger partial charge is 0.408 e. The molecule has 1 atom stereocenters. The highest BCUT2D eigenvalue weighted by molar-refractivity contribution is 5.99. The Morgan fingerprint density at radius 3 is 2.26 bits per heavy atom. The highest BCUT2D eigenvalue weighted by Crippen LogP contribution is 2.33. The van der Waals surface area contributed by atoms with E-state index in [0.29, 0.717) is 23.2 Å². The number of alkyl carbamates (subject to hydrolysis) is 1. The van der Waals surface area contributed by atoms with Crippen molar-refractivity contribution in [2.24, 2.45) is 0 Å². The second-order valence-corrected chi connectivity index (χ2v) is 10.6. The molecule has 0 heterocycles. The molecule has 0 saturated heterocycles. The van der Waals surface area contributed by atoms with Crippen molar-refractivity contribution in [3.63, 3.8) is 0 Å². The van der Waals surface area contributed by atoms with Crippen LogP contribution in [-0.4, -0.2) is 46.6 Å². The Morgan fingerprint density at radius 2 is 1.61 bits per heavy atom. The molecule has 0 spiro atoms. The van der Waals surface area contributed by atoms with Crippen LogP contribution in [0.25, 0.3) is 0 Å². The number of anilines is 1. The predicted octanol–water partition coefficient (Wildman–Crippen LogP) is 6.01. The minimum Gasteiger partial charge on any atom is -0.507 e. The van der Waals surface area contributed by atoms with Gasteiger partial charge >= 0.3 is 6.09 Å². The Hall–Kier alpha value is -3.55. The highest BCUT2D eigenvalue weighted by Gasteiger charge is 2.34. The lowest BCUT2D eigenvalue weighted by Gasteiger charge is -2.32. The lowest BCUT2D eigenvalue weighted by atomic mass is 9.99. The molecule has 0 aliphatic heterocycles. The zero-order chi connectivity index (χ0) is 28.3. The number of ether oxygens (including phenoxy) is 1. The largest absolute Gasteiger partial charge is 0.507 e. The van der Waals surface area contributed by atoms with Gasteiger partial charge in [0.1, 0.15) is 23.9 Å². The highest BCUT2D eigenvalue weighted by atomic mass is 16.6. The zero-order valence-electron chi connectivity index (χ0n) is 23.6. The van der Waals surface area contributed by atoms with E-state index < -0.39 is 29.6 Å². The van der Waals surface area contributed by atoms with E-state index >= 15 is 0 Å². The maximum absolute atomic E-state index is 13.8. The lowest BCUT2D eigenvalue weighted by molar-refractivity contribution is -0.138. The van der Waals surface area contributed by atoms with Gasteiger partial charge in [0.2, 0.25) is 5.91 Å². The molecule has 0 bridgehead atoms. The minimum absolute atomic E-state index is 0.0404. The van der Waals surface area contributed by atoms with Crippen LogP contribution >= 0.6 is 0 Å². The summed E-state index contributed by atoms with van der Waals surface area (Å²) in [5.74, 6) is -0.933. The number of phenols is 1. The van der Waals surface area contributed by atoms with Crippen LogP contribution in [0.2, 0.25) is 0 Å². The monoisotopic (exact) mass is 525 g/mol. The van der Waals surface area contributed by atoms with Crippen LogP contribution in [0, 0.1) is 13.8 Å². The molecule has 8 nitrogen and oxygen atoms in total. The van der Waals surface area contributed by atoms with Crippen LogP contribution in [0.15, 0.2) is 42.5 Å². The first-order valence-electron chi connectivity index (χ1n) is 13.4. The van der Waals surface area contributed by atoms with E-state index in [0.717, 1.165) is 31.2 Å². The van der Waals surface area contributed by atoms with Gasteiger partial charge in [-0.2, -0.15) is 0 Å². The maximum Gasteiger partial charge on any atom is 0.408 e. The summed E-state index contributed by atoms with van der Waals surface area (Å²) in [4.78, 5) is 41.1. The summed E-state index contributed by atoms with van der Waals surface area (Å²) in [6.45, 7) is 10.9. The molecule has 38 heavy (non-hydrogen) atoms. The summed E-state index contributed by atoms with van der Waals surface area (Å²) in [5.41, 5.74) is 1.71. The van der Waals surface area contributed by atoms with E-state index in [9.17, 15) is 19.5 Å². The van der Waals surface area contributed by atoms with Crippen LogP contribution in [0.4, 0.5) is 10.5 Å². The van der Waals surface area contributed by atoms with Gasteiger partial charge in [0.05, 0.1) is 0 Å². The Bertz CT molecular complexity index is 1090. The number of para-hydroxylation sites is 2. The molecule has 3 amide bonds. The Kier molecular flexibility index (Phi) is 11.6. The molecule has 0 aromatic heterocycles. The number of carbonyl (C=O) groups excluding carboxylic acids is 3. The van der Waals surface area contributed by atoms with Gasteiger partial charge in [-0.15, -0.1) is 0 Å². The predicted molar refractivity (Wildman–Crippen MR) is 150 cm³/mol. The Morgan fingerprint density at radius 1 is 0.947 bits per heavy atom. The molecular formula is C30H43N3O5. The number of hydrogen-bond acceptors (Lipinski definition) is 5. The molecule has 8 heteroatoms. The van der Waals surface area contributed by atoms with E-state index in [4.69, 9.17) is 4.74 Å². The van der Waals surface area contributed by atoms with Crippen LogP contribution < -0.4 is 10.6 Å². The van der Waals surface area contributed by atoms with Crippen molar-refractivity contribution in [1.82, 2.24) is 10.2 Å². The summed E-state index contributed by atoms with van der Waals surface area (Å²) in [6, 6.07) is 11.4. The number of nitrogens with one attached hydrogen (secondary N) is 2. The maximum atomic E-state index is 13.8. The average Bonchev–Trinajstić information content (AvgIpc) is 2.84. The number of unbranched alkanes of at least 4 members (excludes halogenated alkanes) is 4. The first kappa shape index (κ1) is 30.7. The number of amides is 3. The molecule has 2 rings (SSSR count). The van der Waals surface area contributed by atoms with Crippen molar-refractivity contribution >= 4 is 23.6 Å². The molecule has 3 N–H and O–H groups in total. The van der Waals surface area contributed by atoms with Gasteiger partial charge in [-0.05, 0) is 58.2 Å². The number of rotatable bonds is 12. The molecule has 1 unspecified atom stereocenters. The summed E-state index contributed by atoms with van der Waals surface area (Å²) in [6.07, 6.45) is 4.05. The van der Waals surface area contributed by atoms with Crippen molar-refractivity contribution in [1.29, 1.82) is 0 Å². The molecule has 0 aliphatic carbocycles. The number of benzene rings is 2. The zero-order valence-corrected chi connectivity index (χ0v) is 23.6. The van der Waals surface area contributed by atoms with Gasteiger partial charge < -0.3 is 25.4 Å². The first-order chi connectivity index (χ1) is 17.9. The second-order valence-electron chi connectivity index (χ2n) is 10.6. The van der Waals surface area contributed by atoms with Crippen molar-refractivity contribution in [3.8, 4) is 5.75 Å². The van der Waals surface area contributed by atoms with E-state index in [1.54, 1.807) is 52.0 Å². The number of phenolic OH excluding ortho intramolecular Hbond substituents is 1. The fourth-order valence-corrected chi connectivity index (χ4v) is 4.11. The molecule has 0 radical (unpaired) electrons. The third-order valence-electron chi connectivity index (χ3n) is 6.13. The summed E-state index contributed by atoms with van der Waals surface area (Å²) in [7, 11) is 0. The van der Waals surface area contributed by atoms with Crippen LogP contribution in [0.3, 0.4) is 0 Å². The fraction of sp³-hybridized carbons (Fsp3) is 0.500. The number of nitrogens with zero attached hydrogens (tertiary/aromatic N) is 1. The van der Waals surface area contributed by atoms with Crippen molar-refractivity contribution < 1.29 is 24.2 Å². The topological polar surface area (TPSA) is 108 Å². The van der Waals surface area contributed by atoms with E-state index in [2.05, 4.69) is 17.6 Å². The van der Waals surface area contributed by atoms with Crippen molar-refractivity contribution in [2.75, 3.05) is 18.4 Å². The van der Waals surface area contributed by atoms with Crippen LogP contribution in [0.5, 0.6) is 5.75 Å². The van der Waals surface area contributed by atoms with Gasteiger partial charge in [-0.3, -0.25) is 9.59 Å². The van der Waals surface area contributed by atoms with Gasteiger partial charge in [0.25, 0.3) is 5.91 Å². The van der Waals surface area contributed by atoms with Gasteiger partial charge in [0, 0.05) is 17.8 Å². The van der Waals surface area contributed by atoms with Gasteiger partial charge in [-0.1, -0.05) is 69.0 Å². The van der Waals surface area contributed by atoms with Gasteiger partial charge in [-0.25, -0.2) is 4.79 Å². The quantitative estimate of drug-likeness (QED) is 0.294. The number of carbonyl (C=O) groups is 3. The third-order valence-corrected chi connectivity index (χ3v) is 6.13. The lowest BCUT2D eigenvalue weighted by Crippen LogP contribution is -2.47. The normalized spacial score (nSPS) is 11.9. The molecular weight excluding hydrogens is 482 g/mol. The van der Waals surface area contributed by atoms with Crippen LogP contribution in [-0.2, 0) is 14.3 Å². The number of hydrogen-bond donors (Lipinski definition) is 3. The Balaban J connectivity index is 2.42. The molecule has 0 fully saturated rings. The molecule has 208 valence electrons. The van der Waals surface area contributed by atoms with Crippen LogP contribution in [0.1, 0.15) is 82.5 Å². The van der Waals surface area contributed by atoms with E-state index in [-0.39, 0.29) is 18.8 Å². The molecule has 0 saturated carbocycles. The Labute approximate surface area is 226 Å². The average molecular weight is 526 g/mol. The fourth-order valence-electron chi connectivity index (χ4n) is 4.11. The molecule has 2 aromatic rings. The van der Waals surface area contributed by atoms with E-state index in [1.807, 2.05) is 25.1 Å². The summed E-state index contributed by atoms with van der Waals surface area (Å²) >= 11 is 0. The molecule has 0 aliphatic rings. The minimum atomic E-state index is -1.10. The summed E-state index contributed by atoms with van der Waals surface area (Å²) < 4.78 is 5.27.